The molecule has 2 rings (SSSR count). The summed E-state index contributed by atoms with van der Waals surface area (Å²) in [5.74, 6) is 5.43. The minimum absolute atomic E-state index is 0.115. The Balaban J connectivity index is 2.28. The first-order valence-corrected chi connectivity index (χ1v) is 8.79. The number of halogens is 1. The Labute approximate surface area is 124 Å². The lowest BCUT2D eigenvalue weighted by atomic mass is 9.96. The minimum Gasteiger partial charge on any atom is -0.271 e. The lowest BCUT2D eigenvalue weighted by Crippen LogP contribution is -2.28. The highest BCUT2D eigenvalue weighted by molar-refractivity contribution is 7.90. The van der Waals surface area contributed by atoms with Crippen molar-refractivity contribution in [2.75, 3.05) is 12.0 Å². The third kappa shape index (κ3) is 4.00. The molecule has 2 aromatic rings. The first-order chi connectivity index (χ1) is 9.92. The number of nitrogens with two attached hydrogens (primary N) is 1. The summed E-state index contributed by atoms with van der Waals surface area (Å²) in [5, 5.41) is 1.33. The highest BCUT2D eigenvalue weighted by Gasteiger charge is 2.15. The van der Waals surface area contributed by atoms with E-state index in [2.05, 4.69) is 5.43 Å². The van der Waals surface area contributed by atoms with Crippen LogP contribution in [0.5, 0.6) is 0 Å². The minimum atomic E-state index is -2.99. The van der Waals surface area contributed by atoms with Crippen LogP contribution in [0.3, 0.4) is 0 Å². The van der Waals surface area contributed by atoms with Crippen LogP contribution in [0.2, 0.25) is 0 Å². The van der Waals surface area contributed by atoms with Crippen LogP contribution in [-0.4, -0.2) is 20.4 Å². The van der Waals surface area contributed by atoms with E-state index in [4.69, 9.17) is 5.84 Å². The molecule has 0 radical (unpaired) electrons. The van der Waals surface area contributed by atoms with Gasteiger partial charge in [-0.25, -0.2) is 12.8 Å². The van der Waals surface area contributed by atoms with Crippen LogP contribution in [0.1, 0.15) is 24.4 Å². The molecule has 114 valence electrons. The second-order valence-corrected chi connectivity index (χ2v) is 7.43. The van der Waals surface area contributed by atoms with Crippen LogP contribution >= 0.6 is 0 Å². The lowest BCUT2D eigenvalue weighted by Gasteiger charge is -2.18. The van der Waals surface area contributed by atoms with Crippen molar-refractivity contribution in [2.24, 2.45) is 5.84 Å². The van der Waals surface area contributed by atoms with Crippen molar-refractivity contribution in [3.8, 4) is 0 Å². The predicted octanol–water partition coefficient (Wildman–Crippen LogP) is 2.31. The SMILES string of the molecule is CS(=O)(=O)CCCC(NN)c1ccc(F)c2ccccc12. The number of nitrogens with one attached hydrogen (secondary N) is 1. The molecule has 2 aromatic carbocycles. The van der Waals surface area contributed by atoms with Crippen LogP contribution in [0.15, 0.2) is 36.4 Å². The Morgan fingerprint density at radius 1 is 1.19 bits per heavy atom. The van der Waals surface area contributed by atoms with E-state index in [1.165, 1.54) is 12.3 Å². The fourth-order valence-electron chi connectivity index (χ4n) is 2.47. The molecule has 0 saturated carbocycles. The Kier molecular flexibility index (Phi) is 4.92. The molecule has 6 heteroatoms. The van der Waals surface area contributed by atoms with Crippen molar-refractivity contribution in [2.45, 2.75) is 18.9 Å². The van der Waals surface area contributed by atoms with Crippen LogP contribution in [0, 0.1) is 5.82 Å². The van der Waals surface area contributed by atoms with E-state index in [0.29, 0.717) is 18.2 Å². The molecule has 0 bridgehead atoms. The van der Waals surface area contributed by atoms with E-state index >= 15 is 0 Å². The van der Waals surface area contributed by atoms with Crippen molar-refractivity contribution in [1.29, 1.82) is 0 Å². The van der Waals surface area contributed by atoms with Gasteiger partial charge in [0, 0.05) is 23.4 Å². The summed E-state index contributed by atoms with van der Waals surface area (Å²) in [4.78, 5) is 0. The summed E-state index contributed by atoms with van der Waals surface area (Å²) in [6.07, 6.45) is 2.28. The van der Waals surface area contributed by atoms with Gasteiger partial charge >= 0.3 is 0 Å². The third-order valence-corrected chi connectivity index (χ3v) is 4.52. The first kappa shape index (κ1) is 15.9. The van der Waals surface area contributed by atoms with Gasteiger partial charge in [0.15, 0.2) is 0 Å². The zero-order valence-corrected chi connectivity index (χ0v) is 12.7. The first-order valence-electron chi connectivity index (χ1n) is 6.73. The second-order valence-electron chi connectivity index (χ2n) is 5.17. The normalized spacial score (nSPS) is 13.5. The predicted molar refractivity (Wildman–Crippen MR) is 82.9 cm³/mol. The third-order valence-electron chi connectivity index (χ3n) is 3.49. The zero-order valence-electron chi connectivity index (χ0n) is 11.8. The van der Waals surface area contributed by atoms with Gasteiger partial charge in [0.2, 0.25) is 0 Å². The summed E-state index contributed by atoms with van der Waals surface area (Å²) >= 11 is 0. The molecular formula is C15H19FN2O2S. The number of hydrazine groups is 1. The van der Waals surface area contributed by atoms with Gasteiger partial charge < -0.3 is 0 Å². The van der Waals surface area contributed by atoms with E-state index in [0.717, 1.165) is 10.9 Å². The Morgan fingerprint density at radius 3 is 2.48 bits per heavy atom. The van der Waals surface area contributed by atoms with Gasteiger partial charge in [-0.15, -0.1) is 0 Å². The zero-order chi connectivity index (χ0) is 15.5. The molecule has 21 heavy (non-hydrogen) atoms. The van der Waals surface area contributed by atoms with Crippen LogP contribution in [0.4, 0.5) is 4.39 Å². The molecule has 0 aliphatic rings. The maximum Gasteiger partial charge on any atom is 0.147 e. The molecule has 0 aromatic heterocycles. The Morgan fingerprint density at radius 2 is 1.86 bits per heavy atom. The van der Waals surface area contributed by atoms with Gasteiger partial charge in [-0.3, -0.25) is 11.3 Å². The van der Waals surface area contributed by atoms with E-state index in [-0.39, 0.29) is 17.6 Å². The number of sulfone groups is 1. The van der Waals surface area contributed by atoms with E-state index in [1.54, 1.807) is 18.2 Å². The molecule has 0 saturated heterocycles. The highest BCUT2D eigenvalue weighted by Crippen LogP contribution is 2.28. The Hall–Kier alpha value is -1.50. The van der Waals surface area contributed by atoms with Gasteiger partial charge in [0.25, 0.3) is 0 Å². The van der Waals surface area contributed by atoms with Crippen molar-refractivity contribution >= 4 is 20.6 Å². The molecule has 1 atom stereocenters. The van der Waals surface area contributed by atoms with E-state index < -0.39 is 9.84 Å². The van der Waals surface area contributed by atoms with Crippen molar-refractivity contribution < 1.29 is 12.8 Å². The van der Waals surface area contributed by atoms with Crippen molar-refractivity contribution in [1.82, 2.24) is 5.43 Å². The summed E-state index contributed by atoms with van der Waals surface area (Å²) in [5.41, 5.74) is 3.58. The second kappa shape index (κ2) is 6.51. The average Bonchev–Trinajstić information content (AvgIpc) is 2.44. The number of hydrogen-bond donors (Lipinski definition) is 2. The molecule has 0 spiro atoms. The maximum atomic E-state index is 13.8. The molecule has 3 N–H and O–H groups in total. The van der Waals surface area contributed by atoms with Gasteiger partial charge in [0.05, 0.1) is 0 Å². The van der Waals surface area contributed by atoms with Gasteiger partial charge in [-0.1, -0.05) is 30.3 Å². The van der Waals surface area contributed by atoms with Crippen LogP contribution < -0.4 is 11.3 Å². The monoisotopic (exact) mass is 310 g/mol. The molecule has 1 unspecified atom stereocenters. The molecule has 0 aliphatic carbocycles. The standard InChI is InChI=1S/C15H19FN2O2S/c1-21(19,20)10-4-7-15(18-17)13-8-9-14(16)12-6-3-2-5-11(12)13/h2-3,5-6,8-9,15,18H,4,7,10,17H2,1H3. The molecule has 0 amide bonds. The fourth-order valence-corrected chi connectivity index (χ4v) is 3.16. The van der Waals surface area contributed by atoms with Crippen LogP contribution in [-0.2, 0) is 9.84 Å². The largest absolute Gasteiger partial charge is 0.271 e. The number of hydrogen-bond acceptors (Lipinski definition) is 4. The average molecular weight is 310 g/mol. The van der Waals surface area contributed by atoms with Gasteiger partial charge in [-0.05, 0) is 29.9 Å². The van der Waals surface area contributed by atoms with Gasteiger partial charge in [-0.2, -0.15) is 0 Å². The maximum absolute atomic E-state index is 13.8. The molecule has 0 heterocycles. The number of fused-ring (bicyclic) bond motifs is 1. The quantitative estimate of drug-likeness (QED) is 0.634. The lowest BCUT2D eigenvalue weighted by molar-refractivity contribution is 0.510. The Bertz CT molecular complexity index is 732. The van der Waals surface area contributed by atoms with Crippen molar-refractivity contribution in [3.63, 3.8) is 0 Å². The molecule has 0 aliphatic heterocycles. The van der Waals surface area contributed by atoms with Crippen LogP contribution in [0.25, 0.3) is 10.8 Å². The number of benzene rings is 2. The van der Waals surface area contributed by atoms with E-state index in [9.17, 15) is 12.8 Å². The smallest absolute Gasteiger partial charge is 0.147 e. The summed E-state index contributed by atoms with van der Waals surface area (Å²) in [6.45, 7) is 0. The topological polar surface area (TPSA) is 72.2 Å². The van der Waals surface area contributed by atoms with Gasteiger partial charge in [0.1, 0.15) is 15.7 Å². The molecule has 4 nitrogen and oxygen atoms in total. The summed E-state index contributed by atoms with van der Waals surface area (Å²) in [7, 11) is -2.99. The molecule has 0 fully saturated rings. The fraction of sp³-hybridized carbons (Fsp3) is 0.333. The summed E-state index contributed by atoms with van der Waals surface area (Å²) < 4.78 is 36.2. The highest BCUT2D eigenvalue weighted by atomic mass is 32.2. The van der Waals surface area contributed by atoms with Crippen molar-refractivity contribution in [3.05, 3.63) is 47.8 Å². The molecular weight excluding hydrogens is 291 g/mol. The summed E-state index contributed by atoms with van der Waals surface area (Å²) in [6, 6.07) is 10.1. The number of rotatable bonds is 6. The van der Waals surface area contributed by atoms with E-state index in [1.807, 2.05) is 12.1 Å².